The average Bonchev–Trinajstić information content (AvgIpc) is 2.95. The van der Waals surface area contributed by atoms with Crippen LogP contribution in [-0.4, -0.2) is 38.0 Å². The van der Waals surface area contributed by atoms with Crippen LogP contribution < -0.4 is 4.74 Å². The molecule has 0 saturated carbocycles. The Kier molecular flexibility index (Phi) is 4.83. The lowest BCUT2D eigenvalue weighted by Crippen LogP contribution is -2.39. The second kappa shape index (κ2) is 7.04. The molecule has 0 aliphatic carbocycles. The van der Waals surface area contributed by atoms with Crippen molar-refractivity contribution in [2.45, 2.75) is 9.78 Å². The van der Waals surface area contributed by atoms with Crippen molar-refractivity contribution in [3.05, 3.63) is 65.4 Å². The van der Waals surface area contributed by atoms with E-state index in [-0.39, 0.29) is 18.2 Å². The van der Waals surface area contributed by atoms with Crippen LogP contribution in [0.1, 0.15) is 26.4 Å². The molecule has 1 amide bonds. The van der Waals surface area contributed by atoms with Gasteiger partial charge in [-0.25, -0.2) is 0 Å². The molecule has 28 heavy (non-hydrogen) atoms. The zero-order chi connectivity index (χ0) is 20.1. The first kappa shape index (κ1) is 19.2. The molecule has 0 atom stereocenters. The molecule has 3 aromatic rings. The van der Waals surface area contributed by atoms with Crippen molar-refractivity contribution < 1.29 is 14.3 Å². The fourth-order valence-electron chi connectivity index (χ4n) is 3.67. The van der Waals surface area contributed by atoms with Crippen molar-refractivity contribution in [1.82, 2.24) is 9.47 Å². The standard InChI is InChI=1S/C21H18Br2N2O3/c1-24-16-6-4-3-5-15(16)17-18(24)20(27)25(12-21(22,23)19(17)26)11-13-7-9-14(28-2)10-8-13/h3-10H,11-12H2,1-2H3. The number of aryl methyl sites for hydroxylation is 1. The van der Waals surface area contributed by atoms with E-state index < -0.39 is 3.23 Å². The first-order valence-corrected chi connectivity index (χ1v) is 10.3. The number of ketones is 1. The second-order valence-electron chi connectivity index (χ2n) is 6.84. The maximum Gasteiger partial charge on any atom is 0.271 e. The summed E-state index contributed by atoms with van der Waals surface area (Å²) in [4.78, 5) is 28.5. The van der Waals surface area contributed by atoms with E-state index >= 15 is 0 Å². The molecule has 144 valence electrons. The van der Waals surface area contributed by atoms with Crippen molar-refractivity contribution in [2.75, 3.05) is 13.7 Å². The lowest BCUT2D eigenvalue weighted by Gasteiger charge is -2.26. The molecule has 0 spiro atoms. The van der Waals surface area contributed by atoms with Crippen molar-refractivity contribution in [3.63, 3.8) is 0 Å². The molecule has 0 N–H and O–H groups in total. The van der Waals surface area contributed by atoms with E-state index in [0.717, 1.165) is 22.2 Å². The highest BCUT2D eigenvalue weighted by Gasteiger charge is 2.44. The average molecular weight is 506 g/mol. The number of carbonyl (C=O) groups is 2. The van der Waals surface area contributed by atoms with Gasteiger partial charge in [0.25, 0.3) is 5.91 Å². The van der Waals surface area contributed by atoms with E-state index in [4.69, 9.17) is 4.74 Å². The Hall–Kier alpha value is -2.12. The number of halogens is 2. The first-order chi connectivity index (χ1) is 13.3. The Morgan fingerprint density at radius 1 is 1.07 bits per heavy atom. The van der Waals surface area contributed by atoms with Gasteiger partial charge in [0.1, 0.15) is 11.4 Å². The van der Waals surface area contributed by atoms with Crippen molar-refractivity contribution in [2.24, 2.45) is 7.05 Å². The predicted octanol–water partition coefficient (Wildman–Crippen LogP) is 4.51. The van der Waals surface area contributed by atoms with Gasteiger partial charge < -0.3 is 14.2 Å². The van der Waals surface area contributed by atoms with E-state index in [1.54, 1.807) is 12.0 Å². The Bertz CT molecular complexity index is 1090. The Morgan fingerprint density at radius 2 is 1.75 bits per heavy atom. The highest BCUT2D eigenvalue weighted by atomic mass is 79.9. The molecule has 5 nitrogen and oxygen atoms in total. The maximum atomic E-state index is 13.5. The summed E-state index contributed by atoms with van der Waals surface area (Å²) in [7, 11) is 3.44. The van der Waals surface area contributed by atoms with Gasteiger partial charge in [0.2, 0.25) is 0 Å². The highest BCUT2D eigenvalue weighted by Crippen LogP contribution is 2.40. The quantitative estimate of drug-likeness (QED) is 0.492. The van der Waals surface area contributed by atoms with Crippen molar-refractivity contribution >= 4 is 54.5 Å². The van der Waals surface area contributed by atoms with Gasteiger partial charge in [0, 0.05) is 24.5 Å². The van der Waals surface area contributed by atoms with Gasteiger partial charge in [-0.3, -0.25) is 9.59 Å². The monoisotopic (exact) mass is 504 g/mol. The molecular formula is C21H18Br2N2O3. The topological polar surface area (TPSA) is 51.5 Å². The largest absolute Gasteiger partial charge is 0.497 e. The molecule has 2 heterocycles. The van der Waals surface area contributed by atoms with Gasteiger partial charge in [-0.1, -0.05) is 62.2 Å². The van der Waals surface area contributed by atoms with Crippen LogP contribution in [0, 0.1) is 0 Å². The fourth-order valence-corrected chi connectivity index (χ4v) is 4.67. The molecule has 0 bridgehead atoms. The van der Waals surface area contributed by atoms with Crippen molar-refractivity contribution in [1.29, 1.82) is 0 Å². The van der Waals surface area contributed by atoms with Crippen LogP contribution in [0.3, 0.4) is 0 Å². The Balaban J connectivity index is 1.83. The van der Waals surface area contributed by atoms with Crippen LogP contribution in [0.5, 0.6) is 5.75 Å². The predicted molar refractivity (Wildman–Crippen MR) is 116 cm³/mol. The number of carbonyl (C=O) groups excluding carboxylic acids is 2. The summed E-state index contributed by atoms with van der Waals surface area (Å²) in [5.41, 5.74) is 2.69. The molecular weight excluding hydrogens is 488 g/mol. The summed E-state index contributed by atoms with van der Waals surface area (Å²) < 4.78 is 5.97. The molecule has 7 heteroatoms. The molecule has 1 aliphatic rings. The van der Waals surface area contributed by atoms with E-state index in [2.05, 4.69) is 31.9 Å². The summed E-state index contributed by atoms with van der Waals surface area (Å²) in [5, 5.41) is 0.785. The van der Waals surface area contributed by atoms with E-state index in [0.29, 0.717) is 17.8 Å². The SMILES string of the molecule is COc1ccc(CN2CC(Br)(Br)C(=O)c3c(n(C)c4ccccc34)C2=O)cc1. The number of alkyl halides is 2. The number of amides is 1. The molecule has 0 saturated heterocycles. The van der Waals surface area contributed by atoms with Crippen LogP contribution in [0.4, 0.5) is 0 Å². The third-order valence-electron chi connectivity index (χ3n) is 5.08. The van der Waals surface area contributed by atoms with Gasteiger partial charge in [-0.05, 0) is 23.8 Å². The number of ether oxygens (including phenoxy) is 1. The summed E-state index contributed by atoms with van der Waals surface area (Å²) in [6, 6.07) is 15.2. The minimum Gasteiger partial charge on any atom is -0.497 e. The molecule has 4 rings (SSSR count). The van der Waals surface area contributed by atoms with E-state index in [9.17, 15) is 9.59 Å². The van der Waals surface area contributed by atoms with Gasteiger partial charge in [0.15, 0.2) is 9.02 Å². The molecule has 2 aromatic carbocycles. The third kappa shape index (κ3) is 3.06. The normalized spacial score (nSPS) is 16.2. The van der Waals surface area contributed by atoms with Gasteiger partial charge >= 0.3 is 0 Å². The zero-order valence-electron chi connectivity index (χ0n) is 15.4. The number of rotatable bonds is 3. The van der Waals surface area contributed by atoms with Gasteiger partial charge in [0.05, 0.1) is 19.2 Å². The number of benzene rings is 2. The Morgan fingerprint density at radius 3 is 2.43 bits per heavy atom. The summed E-state index contributed by atoms with van der Waals surface area (Å²) >= 11 is 7.04. The fraction of sp³-hybridized carbons (Fsp3) is 0.238. The van der Waals surface area contributed by atoms with Crippen LogP contribution in [0.15, 0.2) is 48.5 Å². The number of para-hydroxylation sites is 1. The lowest BCUT2D eigenvalue weighted by molar-refractivity contribution is 0.0737. The molecule has 0 radical (unpaired) electrons. The van der Waals surface area contributed by atoms with Gasteiger partial charge in [-0.2, -0.15) is 0 Å². The molecule has 1 aromatic heterocycles. The maximum absolute atomic E-state index is 13.5. The molecule has 0 unspecified atom stereocenters. The number of fused-ring (bicyclic) bond motifs is 3. The summed E-state index contributed by atoms with van der Waals surface area (Å²) in [6.07, 6.45) is 0. The number of nitrogens with zero attached hydrogens (tertiary/aromatic N) is 2. The zero-order valence-corrected chi connectivity index (χ0v) is 18.6. The number of hydrogen-bond donors (Lipinski definition) is 0. The second-order valence-corrected chi connectivity index (χ2v) is 10.6. The summed E-state index contributed by atoms with van der Waals surface area (Å²) in [5.74, 6) is 0.441. The summed E-state index contributed by atoms with van der Waals surface area (Å²) in [6.45, 7) is 0.593. The van der Waals surface area contributed by atoms with E-state index in [1.807, 2.05) is 60.1 Å². The Labute approximate surface area is 179 Å². The lowest BCUT2D eigenvalue weighted by atomic mass is 10.0. The molecule has 1 aliphatic heterocycles. The van der Waals surface area contributed by atoms with Crippen LogP contribution >= 0.6 is 31.9 Å². The number of aromatic nitrogens is 1. The van der Waals surface area contributed by atoms with Crippen LogP contribution in [-0.2, 0) is 13.6 Å². The number of Topliss-reactive ketones (excluding diaryl/α,β-unsaturated/α-hetero) is 1. The molecule has 0 fully saturated rings. The van der Waals surface area contributed by atoms with Crippen molar-refractivity contribution in [3.8, 4) is 5.75 Å². The van der Waals surface area contributed by atoms with Crippen LogP contribution in [0.25, 0.3) is 10.9 Å². The first-order valence-electron chi connectivity index (χ1n) is 8.75. The number of methoxy groups -OCH3 is 1. The minimum absolute atomic E-state index is 0.148. The van der Waals surface area contributed by atoms with Crippen LogP contribution in [0.2, 0.25) is 0 Å². The minimum atomic E-state index is -1.04. The number of hydrogen-bond acceptors (Lipinski definition) is 3. The van der Waals surface area contributed by atoms with E-state index in [1.165, 1.54) is 0 Å². The van der Waals surface area contributed by atoms with Gasteiger partial charge in [-0.15, -0.1) is 0 Å². The third-order valence-corrected chi connectivity index (χ3v) is 6.30. The smallest absolute Gasteiger partial charge is 0.271 e. The highest BCUT2D eigenvalue weighted by molar-refractivity contribution is 9.26.